The second-order valence-corrected chi connectivity index (χ2v) is 4.17. The molecular weight excluding hydrogens is 317 g/mol. The third-order valence-corrected chi connectivity index (χ3v) is 2.91. The number of carboxylic acid groups (broad SMARTS) is 1. The van der Waals surface area contributed by atoms with Gasteiger partial charge in [-0.2, -0.15) is 0 Å². The van der Waals surface area contributed by atoms with Crippen molar-refractivity contribution in [1.29, 1.82) is 0 Å². The maximum absolute atomic E-state index is 12.7. The van der Waals surface area contributed by atoms with Crippen LogP contribution >= 0.6 is 22.6 Å². The van der Waals surface area contributed by atoms with Gasteiger partial charge in [0.15, 0.2) is 0 Å². The van der Waals surface area contributed by atoms with Gasteiger partial charge in [-0.3, -0.25) is 4.79 Å². The molecule has 0 saturated carbocycles. The Balaban J connectivity index is 2.95. The summed E-state index contributed by atoms with van der Waals surface area (Å²) in [7, 11) is 0. The first kappa shape index (κ1) is 12.4. The third-order valence-electron chi connectivity index (χ3n) is 1.97. The van der Waals surface area contributed by atoms with Gasteiger partial charge >= 0.3 is 5.97 Å². The van der Waals surface area contributed by atoms with Gasteiger partial charge < -0.3 is 5.11 Å². The summed E-state index contributed by atoms with van der Waals surface area (Å²) >= 11 is 1.83. The Kier molecular flexibility index (Phi) is 4.44. The molecule has 2 nitrogen and oxygen atoms in total. The summed E-state index contributed by atoms with van der Waals surface area (Å²) in [4.78, 5) is 10.3. The highest BCUT2D eigenvalue weighted by atomic mass is 127. The van der Waals surface area contributed by atoms with Crippen LogP contribution in [0, 0.1) is 3.57 Å². The molecule has 1 N–H and O–H groups in total. The molecule has 1 aromatic rings. The van der Waals surface area contributed by atoms with Crippen molar-refractivity contribution in [2.75, 3.05) is 0 Å². The molecule has 82 valence electrons. The fourth-order valence-corrected chi connectivity index (χ4v) is 2.08. The van der Waals surface area contributed by atoms with Crippen molar-refractivity contribution in [1.82, 2.24) is 0 Å². The number of hydrogen-bond acceptors (Lipinski definition) is 1. The zero-order valence-corrected chi connectivity index (χ0v) is 9.87. The Bertz CT molecular complexity index is 366. The van der Waals surface area contributed by atoms with E-state index in [9.17, 15) is 13.6 Å². The second-order valence-electron chi connectivity index (χ2n) is 3.01. The Hall–Kier alpha value is -0.720. The minimum absolute atomic E-state index is 0.0423. The molecule has 15 heavy (non-hydrogen) atoms. The monoisotopic (exact) mass is 326 g/mol. The van der Waals surface area contributed by atoms with E-state index < -0.39 is 12.4 Å². The molecular formula is C10H9F2IO2. The molecule has 0 saturated heterocycles. The van der Waals surface area contributed by atoms with Crippen LogP contribution in [0.1, 0.15) is 24.0 Å². The molecule has 1 aromatic carbocycles. The van der Waals surface area contributed by atoms with Gasteiger partial charge in [0.2, 0.25) is 0 Å². The van der Waals surface area contributed by atoms with Crippen LogP contribution in [-0.4, -0.2) is 11.1 Å². The number of carboxylic acids is 1. The summed E-state index contributed by atoms with van der Waals surface area (Å²) in [6.07, 6.45) is -2.53. The smallest absolute Gasteiger partial charge is 0.303 e. The van der Waals surface area contributed by atoms with E-state index in [1.54, 1.807) is 18.2 Å². The highest BCUT2D eigenvalue weighted by Crippen LogP contribution is 2.28. The number of aliphatic carboxylic acids is 1. The minimum Gasteiger partial charge on any atom is -0.481 e. The molecule has 1 rings (SSSR count). The van der Waals surface area contributed by atoms with Crippen molar-refractivity contribution < 1.29 is 18.7 Å². The van der Waals surface area contributed by atoms with Crippen LogP contribution in [0.25, 0.3) is 0 Å². The van der Waals surface area contributed by atoms with E-state index in [4.69, 9.17) is 5.11 Å². The molecule has 0 aliphatic rings. The van der Waals surface area contributed by atoms with E-state index in [1.807, 2.05) is 22.6 Å². The van der Waals surface area contributed by atoms with Gasteiger partial charge in [0, 0.05) is 15.6 Å². The zero-order chi connectivity index (χ0) is 11.4. The molecule has 0 aromatic heterocycles. The highest BCUT2D eigenvalue weighted by molar-refractivity contribution is 14.1. The number of rotatable bonds is 4. The largest absolute Gasteiger partial charge is 0.481 e. The number of benzene rings is 1. The molecule has 0 radical (unpaired) electrons. The van der Waals surface area contributed by atoms with E-state index in [1.165, 1.54) is 0 Å². The molecule has 5 heteroatoms. The molecule has 0 atom stereocenters. The Morgan fingerprint density at radius 1 is 1.47 bits per heavy atom. The fourth-order valence-electron chi connectivity index (χ4n) is 1.29. The summed E-state index contributed by atoms with van der Waals surface area (Å²) in [5.41, 5.74) is 0.374. The van der Waals surface area contributed by atoms with E-state index in [2.05, 4.69) is 0 Å². The number of aryl methyl sites for hydroxylation is 1. The summed E-state index contributed by atoms with van der Waals surface area (Å²) in [5.74, 6) is -0.978. The van der Waals surface area contributed by atoms with E-state index >= 15 is 0 Å². The first-order valence-electron chi connectivity index (χ1n) is 4.29. The maximum atomic E-state index is 12.7. The van der Waals surface area contributed by atoms with Crippen LogP contribution in [0.2, 0.25) is 0 Å². The molecule has 0 heterocycles. The van der Waals surface area contributed by atoms with Gasteiger partial charge in [-0.15, -0.1) is 0 Å². The standard InChI is InChI=1S/C10H9F2IO2/c11-10(12)9-6(4-5-8(14)15)2-1-3-7(9)13/h1-3,10H,4-5H2,(H,14,15). The van der Waals surface area contributed by atoms with Crippen LogP contribution in [0.4, 0.5) is 8.78 Å². The van der Waals surface area contributed by atoms with Crippen LogP contribution in [0.3, 0.4) is 0 Å². The minimum atomic E-state index is -2.55. The molecule has 0 aliphatic carbocycles. The first-order chi connectivity index (χ1) is 7.02. The highest BCUT2D eigenvalue weighted by Gasteiger charge is 2.16. The summed E-state index contributed by atoms with van der Waals surface area (Å²) in [5, 5.41) is 8.48. The lowest BCUT2D eigenvalue weighted by molar-refractivity contribution is -0.136. The molecule has 0 fully saturated rings. The molecule has 0 bridgehead atoms. The Morgan fingerprint density at radius 2 is 2.13 bits per heavy atom. The molecule has 0 unspecified atom stereocenters. The van der Waals surface area contributed by atoms with Crippen molar-refractivity contribution in [2.24, 2.45) is 0 Å². The van der Waals surface area contributed by atoms with E-state index in [0.29, 0.717) is 9.13 Å². The van der Waals surface area contributed by atoms with Crippen LogP contribution in [0.15, 0.2) is 18.2 Å². The number of alkyl halides is 2. The number of hydrogen-bond donors (Lipinski definition) is 1. The SMILES string of the molecule is O=C(O)CCc1cccc(I)c1C(F)F. The molecule has 0 aliphatic heterocycles. The summed E-state index contributed by atoms with van der Waals surface area (Å²) < 4.78 is 25.8. The number of halogens is 3. The van der Waals surface area contributed by atoms with Crippen LogP contribution < -0.4 is 0 Å². The third kappa shape index (κ3) is 3.40. The van der Waals surface area contributed by atoms with Crippen molar-refractivity contribution >= 4 is 28.6 Å². The quantitative estimate of drug-likeness (QED) is 0.863. The summed E-state index contributed by atoms with van der Waals surface area (Å²) in [6.45, 7) is 0. The first-order valence-corrected chi connectivity index (χ1v) is 5.37. The van der Waals surface area contributed by atoms with Gasteiger partial charge in [-0.25, -0.2) is 8.78 Å². The maximum Gasteiger partial charge on any atom is 0.303 e. The normalized spacial score (nSPS) is 10.7. The van der Waals surface area contributed by atoms with Gasteiger partial charge in [0.25, 0.3) is 6.43 Å². The van der Waals surface area contributed by atoms with Gasteiger partial charge in [0.05, 0.1) is 0 Å². The average molecular weight is 326 g/mol. The summed E-state index contributed by atoms with van der Waals surface area (Å²) in [6, 6.07) is 4.80. The Labute approximate surface area is 99.4 Å². The van der Waals surface area contributed by atoms with Crippen LogP contribution in [0.5, 0.6) is 0 Å². The lowest BCUT2D eigenvalue weighted by Crippen LogP contribution is -2.02. The predicted octanol–water partition coefficient (Wildman–Crippen LogP) is 3.25. The van der Waals surface area contributed by atoms with E-state index in [0.717, 1.165) is 0 Å². The second kappa shape index (κ2) is 5.39. The lowest BCUT2D eigenvalue weighted by Gasteiger charge is -2.09. The van der Waals surface area contributed by atoms with Crippen molar-refractivity contribution in [2.45, 2.75) is 19.3 Å². The van der Waals surface area contributed by atoms with Crippen LogP contribution in [-0.2, 0) is 11.2 Å². The molecule has 0 spiro atoms. The van der Waals surface area contributed by atoms with Gasteiger partial charge in [-0.05, 0) is 40.6 Å². The Morgan fingerprint density at radius 3 is 2.67 bits per heavy atom. The van der Waals surface area contributed by atoms with Crippen molar-refractivity contribution in [3.05, 3.63) is 32.9 Å². The topological polar surface area (TPSA) is 37.3 Å². The number of carbonyl (C=O) groups is 1. The zero-order valence-electron chi connectivity index (χ0n) is 7.71. The van der Waals surface area contributed by atoms with Crippen molar-refractivity contribution in [3.63, 3.8) is 0 Å². The van der Waals surface area contributed by atoms with Gasteiger partial charge in [-0.1, -0.05) is 12.1 Å². The molecule has 0 amide bonds. The van der Waals surface area contributed by atoms with E-state index in [-0.39, 0.29) is 18.4 Å². The fraction of sp³-hybridized carbons (Fsp3) is 0.300. The predicted molar refractivity (Wildman–Crippen MR) is 60.1 cm³/mol. The lowest BCUT2D eigenvalue weighted by atomic mass is 10.0. The van der Waals surface area contributed by atoms with Gasteiger partial charge in [0.1, 0.15) is 0 Å². The average Bonchev–Trinajstić information content (AvgIpc) is 2.13. The van der Waals surface area contributed by atoms with Crippen molar-refractivity contribution in [3.8, 4) is 0 Å².